The lowest BCUT2D eigenvalue weighted by atomic mass is 10.2. The highest BCUT2D eigenvalue weighted by molar-refractivity contribution is 7.14. The molecule has 3 rings (SSSR count). The van der Waals surface area contributed by atoms with Crippen molar-refractivity contribution in [1.82, 2.24) is 4.98 Å². The number of hydrogen-bond acceptors (Lipinski definition) is 6. The second kappa shape index (κ2) is 7.88. The number of benzene rings is 2. The van der Waals surface area contributed by atoms with Crippen LogP contribution in [0.1, 0.15) is 16.1 Å². The van der Waals surface area contributed by atoms with Crippen LogP contribution in [-0.2, 0) is 0 Å². The predicted octanol–water partition coefficient (Wildman–Crippen LogP) is 4.46. The Hall–Kier alpha value is -3.06. The molecule has 26 heavy (non-hydrogen) atoms. The number of rotatable bonds is 6. The number of amides is 1. The summed E-state index contributed by atoms with van der Waals surface area (Å²) in [4.78, 5) is 16.8. The zero-order valence-corrected chi connectivity index (χ0v) is 15.5. The molecule has 2 aromatic carbocycles. The number of carbonyl (C=O) groups excluding carboxylic acids is 1. The van der Waals surface area contributed by atoms with Gasteiger partial charge in [0.25, 0.3) is 5.91 Å². The van der Waals surface area contributed by atoms with Crippen molar-refractivity contribution in [2.45, 2.75) is 6.92 Å². The predicted molar refractivity (Wildman–Crippen MR) is 104 cm³/mol. The first-order valence-electron chi connectivity index (χ1n) is 7.92. The van der Waals surface area contributed by atoms with Crippen LogP contribution in [-0.4, -0.2) is 25.1 Å². The summed E-state index contributed by atoms with van der Waals surface area (Å²) in [5.41, 5.74) is 2.83. The molecule has 0 bridgehead atoms. The zero-order valence-electron chi connectivity index (χ0n) is 14.7. The third-order valence-corrected chi connectivity index (χ3v) is 4.45. The lowest BCUT2D eigenvalue weighted by Crippen LogP contribution is -2.13. The molecule has 1 amide bonds. The summed E-state index contributed by atoms with van der Waals surface area (Å²) in [7, 11) is 3.18. The molecule has 2 N–H and O–H groups in total. The minimum atomic E-state index is -0.296. The van der Waals surface area contributed by atoms with Gasteiger partial charge in [-0.2, -0.15) is 0 Å². The van der Waals surface area contributed by atoms with Crippen LogP contribution in [0.4, 0.5) is 16.5 Å². The van der Waals surface area contributed by atoms with Crippen LogP contribution in [0.15, 0.2) is 47.8 Å². The Bertz CT molecular complexity index is 924. The lowest BCUT2D eigenvalue weighted by molar-refractivity contribution is 0.102. The van der Waals surface area contributed by atoms with Crippen LogP contribution < -0.4 is 20.1 Å². The fourth-order valence-corrected chi connectivity index (χ4v) is 3.11. The van der Waals surface area contributed by atoms with Gasteiger partial charge in [0, 0.05) is 5.38 Å². The number of para-hydroxylation sites is 2. The van der Waals surface area contributed by atoms with Gasteiger partial charge in [0.05, 0.1) is 25.6 Å². The normalized spacial score (nSPS) is 10.3. The number of aryl methyl sites for hydroxylation is 1. The molecule has 0 atom stereocenters. The molecule has 134 valence electrons. The van der Waals surface area contributed by atoms with Crippen molar-refractivity contribution in [1.29, 1.82) is 0 Å². The van der Waals surface area contributed by atoms with E-state index in [0.29, 0.717) is 28.0 Å². The molecule has 0 aliphatic carbocycles. The van der Waals surface area contributed by atoms with Gasteiger partial charge < -0.3 is 20.1 Å². The standard InChI is InChI=1S/C19H19N3O3S/c1-12-8-9-17(25-3)14(10-12)21-19-22-15(11-26-19)18(23)20-13-6-4-5-7-16(13)24-2/h4-11H,1-3H3,(H,20,23)(H,21,22). The molecule has 7 heteroatoms. The molecule has 0 spiro atoms. The molecule has 0 saturated heterocycles. The Labute approximate surface area is 155 Å². The number of carbonyl (C=O) groups is 1. The van der Waals surface area contributed by atoms with Crippen LogP contribution in [0.5, 0.6) is 11.5 Å². The Balaban J connectivity index is 1.75. The van der Waals surface area contributed by atoms with Crippen molar-refractivity contribution in [3.63, 3.8) is 0 Å². The third kappa shape index (κ3) is 3.94. The molecule has 0 aliphatic rings. The Morgan fingerprint density at radius 2 is 1.77 bits per heavy atom. The monoisotopic (exact) mass is 369 g/mol. The highest BCUT2D eigenvalue weighted by Gasteiger charge is 2.14. The number of ether oxygens (including phenoxy) is 2. The van der Waals surface area contributed by atoms with Crippen molar-refractivity contribution < 1.29 is 14.3 Å². The summed E-state index contributed by atoms with van der Waals surface area (Å²) in [5.74, 6) is 1.01. The van der Waals surface area contributed by atoms with Gasteiger partial charge in [-0.1, -0.05) is 18.2 Å². The Morgan fingerprint density at radius 1 is 1.04 bits per heavy atom. The van der Waals surface area contributed by atoms with Gasteiger partial charge in [-0.05, 0) is 36.8 Å². The van der Waals surface area contributed by atoms with Crippen LogP contribution in [0.25, 0.3) is 0 Å². The quantitative estimate of drug-likeness (QED) is 0.671. The third-order valence-electron chi connectivity index (χ3n) is 3.69. The maximum atomic E-state index is 12.5. The van der Waals surface area contributed by atoms with E-state index in [0.717, 1.165) is 11.3 Å². The molecule has 0 saturated carbocycles. The molecule has 0 aliphatic heterocycles. The van der Waals surface area contributed by atoms with E-state index in [1.165, 1.54) is 11.3 Å². The first-order valence-corrected chi connectivity index (χ1v) is 8.80. The summed E-state index contributed by atoms with van der Waals surface area (Å²) in [6.45, 7) is 2.00. The number of hydrogen-bond donors (Lipinski definition) is 2. The summed E-state index contributed by atoms with van der Waals surface area (Å²) in [6, 6.07) is 13.1. The van der Waals surface area contributed by atoms with E-state index in [9.17, 15) is 4.79 Å². The molecule has 6 nitrogen and oxygen atoms in total. The smallest absolute Gasteiger partial charge is 0.275 e. The van der Waals surface area contributed by atoms with Gasteiger partial charge >= 0.3 is 0 Å². The maximum Gasteiger partial charge on any atom is 0.275 e. The number of nitrogens with one attached hydrogen (secondary N) is 2. The van der Waals surface area contributed by atoms with Gasteiger partial charge in [-0.3, -0.25) is 4.79 Å². The van der Waals surface area contributed by atoms with Gasteiger partial charge in [0.2, 0.25) is 0 Å². The first kappa shape index (κ1) is 17.8. The first-order chi connectivity index (χ1) is 12.6. The fraction of sp³-hybridized carbons (Fsp3) is 0.158. The lowest BCUT2D eigenvalue weighted by Gasteiger charge is -2.10. The Morgan fingerprint density at radius 3 is 2.54 bits per heavy atom. The van der Waals surface area contributed by atoms with E-state index in [4.69, 9.17) is 9.47 Å². The van der Waals surface area contributed by atoms with Gasteiger partial charge in [0.1, 0.15) is 17.2 Å². The van der Waals surface area contributed by atoms with Crippen molar-refractivity contribution >= 4 is 33.8 Å². The molecule has 0 fully saturated rings. The SMILES string of the molecule is COc1ccccc1NC(=O)c1csc(Nc2cc(C)ccc2OC)n1. The summed E-state index contributed by atoms with van der Waals surface area (Å²) in [5, 5.41) is 8.33. The average Bonchev–Trinajstić information content (AvgIpc) is 3.11. The highest BCUT2D eigenvalue weighted by Crippen LogP contribution is 2.30. The number of anilines is 3. The molecule has 1 heterocycles. The molecule has 0 radical (unpaired) electrons. The van der Waals surface area contributed by atoms with Crippen LogP contribution in [0.2, 0.25) is 0 Å². The van der Waals surface area contributed by atoms with Crippen molar-refractivity contribution in [2.75, 3.05) is 24.9 Å². The molecular formula is C19H19N3O3S. The highest BCUT2D eigenvalue weighted by atomic mass is 32.1. The van der Waals surface area contributed by atoms with E-state index in [-0.39, 0.29) is 5.91 Å². The van der Waals surface area contributed by atoms with Crippen LogP contribution in [0, 0.1) is 6.92 Å². The molecule has 0 unspecified atom stereocenters. The van der Waals surface area contributed by atoms with Crippen LogP contribution >= 0.6 is 11.3 Å². The van der Waals surface area contributed by atoms with E-state index >= 15 is 0 Å². The summed E-state index contributed by atoms with van der Waals surface area (Å²) < 4.78 is 10.6. The maximum absolute atomic E-state index is 12.5. The van der Waals surface area contributed by atoms with Gasteiger partial charge in [-0.15, -0.1) is 11.3 Å². The molecule has 1 aromatic heterocycles. The number of thiazole rings is 1. The van der Waals surface area contributed by atoms with E-state index < -0.39 is 0 Å². The topological polar surface area (TPSA) is 72.5 Å². The minimum absolute atomic E-state index is 0.296. The zero-order chi connectivity index (χ0) is 18.5. The Kier molecular flexibility index (Phi) is 5.38. The summed E-state index contributed by atoms with van der Waals surface area (Å²) >= 11 is 1.35. The van der Waals surface area contributed by atoms with E-state index in [2.05, 4.69) is 15.6 Å². The molecular weight excluding hydrogens is 350 g/mol. The van der Waals surface area contributed by atoms with Gasteiger partial charge in [0.15, 0.2) is 5.13 Å². The van der Waals surface area contributed by atoms with Crippen LogP contribution in [0.3, 0.4) is 0 Å². The second-order valence-electron chi connectivity index (χ2n) is 5.52. The largest absolute Gasteiger partial charge is 0.495 e. The average molecular weight is 369 g/mol. The number of nitrogens with zero attached hydrogens (tertiary/aromatic N) is 1. The van der Waals surface area contributed by atoms with Gasteiger partial charge in [-0.25, -0.2) is 4.98 Å². The molecule has 3 aromatic rings. The van der Waals surface area contributed by atoms with E-state index in [1.807, 2.05) is 37.3 Å². The van der Waals surface area contributed by atoms with E-state index in [1.54, 1.807) is 31.7 Å². The number of methoxy groups -OCH3 is 2. The fourth-order valence-electron chi connectivity index (χ4n) is 2.40. The van der Waals surface area contributed by atoms with Crippen molar-refractivity contribution in [2.24, 2.45) is 0 Å². The van der Waals surface area contributed by atoms with Crippen molar-refractivity contribution in [3.8, 4) is 11.5 Å². The summed E-state index contributed by atoms with van der Waals surface area (Å²) in [6.07, 6.45) is 0. The second-order valence-corrected chi connectivity index (χ2v) is 6.38. The van der Waals surface area contributed by atoms with Crippen molar-refractivity contribution in [3.05, 3.63) is 59.1 Å². The minimum Gasteiger partial charge on any atom is -0.495 e. The number of aromatic nitrogens is 1.